The first-order valence-corrected chi connectivity index (χ1v) is 7.28. The van der Waals surface area contributed by atoms with E-state index < -0.39 is 0 Å². The number of benzene rings is 1. The first-order chi connectivity index (χ1) is 9.65. The smallest absolute Gasteiger partial charge is 0.251 e. The van der Waals surface area contributed by atoms with Crippen LogP contribution in [0.3, 0.4) is 0 Å². The van der Waals surface area contributed by atoms with Crippen molar-refractivity contribution < 1.29 is 9.53 Å². The van der Waals surface area contributed by atoms with Gasteiger partial charge in [-0.3, -0.25) is 4.79 Å². The Morgan fingerprint density at radius 1 is 1.30 bits per heavy atom. The highest BCUT2D eigenvalue weighted by Crippen LogP contribution is 2.12. The Labute approximate surface area is 121 Å². The molecule has 0 aromatic heterocycles. The van der Waals surface area contributed by atoms with Crippen molar-refractivity contribution in [2.24, 2.45) is 0 Å². The van der Waals surface area contributed by atoms with Crippen LogP contribution in [-0.4, -0.2) is 44.2 Å². The van der Waals surface area contributed by atoms with Crippen LogP contribution in [0, 0.1) is 0 Å². The lowest BCUT2D eigenvalue weighted by atomic mass is 10.1. The van der Waals surface area contributed by atoms with Crippen LogP contribution < -0.4 is 5.32 Å². The Morgan fingerprint density at radius 2 is 2.05 bits per heavy atom. The molecule has 20 heavy (non-hydrogen) atoms. The fraction of sp³-hybridized carbons (Fsp3) is 0.562. The molecule has 0 bridgehead atoms. The van der Waals surface area contributed by atoms with Crippen LogP contribution in [0.4, 0.5) is 0 Å². The van der Waals surface area contributed by atoms with Crippen molar-refractivity contribution in [2.75, 3.05) is 27.2 Å². The van der Waals surface area contributed by atoms with Crippen molar-refractivity contribution in [3.8, 4) is 0 Å². The highest BCUT2D eigenvalue weighted by molar-refractivity contribution is 5.94. The van der Waals surface area contributed by atoms with Crippen molar-refractivity contribution in [3.05, 3.63) is 35.4 Å². The molecule has 1 saturated heterocycles. The third-order valence-electron chi connectivity index (χ3n) is 3.48. The van der Waals surface area contributed by atoms with Crippen LogP contribution in [0.1, 0.15) is 35.2 Å². The van der Waals surface area contributed by atoms with Gasteiger partial charge in [0.15, 0.2) is 0 Å². The van der Waals surface area contributed by atoms with Gasteiger partial charge in [-0.1, -0.05) is 12.1 Å². The third-order valence-corrected chi connectivity index (χ3v) is 3.48. The first-order valence-electron chi connectivity index (χ1n) is 7.28. The summed E-state index contributed by atoms with van der Waals surface area (Å²) in [6, 6.07) is 7.78. The average Bonchev–Trinajstić information content (AvgIpc) is 2.46. The Balaban J connectivity index is 1.82. The second kappa shape index (κ2) is 7.41. The summed E-state index contributed by atoms with van der Waals surface area (Å²) in [4.78, 5) is 14.2. The summed E-state index contributed by atoms with van der Waals surface area (Å²) in [7, 11) is 4.07. The van der Waals surface area contributed by atoms with E-state index in [1.807, 2.05) is 38.4 Å². The number of ether oxygens (including phenoxy) is 1. The van der Waals surface area contributed by atoms with Crippen LogP contribution in [0.25, 0.3) is 0 Å². The monoisotopic (exact) mass is 276 g/mol. The van der Waals surface area contributed by atoms with Gasteiger partial charge >= 0.3 is 0 Å². The summed E-state index contributed by atoms with van der Waals surface area (Å²) in [6.07, 6.45) is 3.56. The van der Waals surface area contributed by atoms with Crippen molar-refractivity contribution >= 4 is 5.91 Å². The van der Waals surface area contributed by atoms with Gasteiger partial charge in [0.25, 0.3) is 5.91 Å². The predicted octanol–water partition coefficient (Wildman–Crippen LogP) is 2.05. The molecular formula is C16H24N2O2. The van der Waals surface area contributed by atoms with Crippen molar-refractivity contribution in [1.29, 1.82) is 0 Å². The van der Waals surface area contributed by atoms with Gasteiger partial charge in [0, 0.05) is 25.3 Å². The quantitative estimate of drug-likeness (QED) is 0.895. The van der Waals surface area contributed by atoms with E-state index >= 15 is 0 Å². The minimum atomic E-state index is -0.0180. The minimum absolute atomic E-state index is 0.0180. The van der Waals surface area contributed by atoms with Gasteiger partial charge in [0.2, 0.25) is 0 Å². The van der Waals surface area contributed by atoms with E-state index in [9.17, 15) is 4.79 Å². The van der Waals surface area contributed by atoms with E-state index in [1.165, 1.54) is 12.0 Å². The predicted molar refractivity (Wildman–Crippen MR) is 79.8 cm³/mol. The number of carbonyl (C=O) groups is 1. The summed E-state index contributed by atoms with van der Waals surface area (Å²) >= 11 is 0. The molecule has 0 radical (unpaired) electrons. The van der Waals surface area contributed by atoms with E-state index in [0.717, 1.165) is 26.0 Å². The maximum Gasteiger partial charge on any atom is 0.251 e. The van der Waals surface area contributed by atoms with Gasteiger partial charge in [-0.05, 0) is 51.1 Å². The number of carbonyl (C=O) groups excluding carboxylic acids is 1. The van der Waals surface area contributed by atoms with Crippen LogP contribution in [0.2, 0.25) is 0 Å². The van der Waals surface area contributed by atoms with Gasteiger partial charge in [-0.25, -0.2) is 0 Å². The molecule has 0 aliphatic carbocycles. The zero-order valence-corrected chi connectivity index (χ0v) is 12.4. The van der Waals surface area contributed by atoms with Crippen LogP contribution in [-0.2, 0) is 11.3 Å². The second-order valence-corrected chi connectivity index (χ2v) is 5.63. The zero-order chi connectivity index (χ0) is 14.4. The highest BCUT2D eigenvalue weighted by atomic mass is 16.5. The SMILES string of the molecule is CN(C)Cc1ccc(C(=O)NC[C@@H]2CCCCO2)cc1. The standard InChI is InChI=1S/C16H24N2O2/c1-18(2)12-13-6-8-14(9-7-13)16(19)17-11-15-5-3-4-10-20-15/h6-9,15H,3-5,10-12H2,1-2H3,(H,17,19)/t15-/m0/s1. The molecule has 1 aliphatic rings. The molecule has 2 rings (SSSR count). The fourth-order valence-electron chi connectivity index (χ4n) is 2.40. The Morgan fingerprint density at radius 3 is 2.65 bits per heavy atom. The zero-order valence-electron chi connectivity index (χ0n) is 12.4. The molecule has 0 spiro atoms. The van der Waals surface area contributed by atoms with Crippen LogP contribution in [0.5, 0.6) is 0 Å². The molecule has 1 N–H and O–H groups in total. The number of amides is 1. The molecule has 1 atom stereocenters. The van der Waals surface area contributed by atoms with E-state index in [4.69, 9.17) is 4.74 Å². The fourth-order valence-corrected chi connectivity index (χ4v) is 2.40. The summed E-state index contributed by atoms with van der Waals surface area (Å²) in [5, 5.41) is 2.95. The largest absolute Gasteiger partial charge is 0.376 e. The maximum atomic E-state index is 12.0. The van der Waals surface area contributed by atoms with E-state index in [2.05, 4.69) is 10.2 Å². The van der Waals surface area contributed by atoms with E-state index in [-0.39, 0.29) is 12.0 Å². The Bertz CT molecular complexity index is 423. The molecule has 0 unspecified atom stereocenters. The number of nitrogens with one attached hydrogen (secondary N) is 1. The summed E-state index contributed by atoms with van der Waals surface area (Å²) < 4.78 is 5.61. The Hall–Kier alpha value is -1.39. The molecule has 110 valence electrons. The van der Waals surface area contributed by atoms with Crippen molar-refractivity contribution in [2.45, 2.75) is 31.9 Å². The molecule has 1 amide bonds. The van der Waals surface area contributed by atoms with Gasteiger partial charge in [-0.2, -0.15) is 0 Å². The third kappa shape index (κ3) is 4.62. The number of nitrogens with zero attached hydrogens (tertiary/aromatic N) is 1. The average molecular weight is 276 g/mol. The molecule has 4 nitrogen and oxygen atoms in total. The Kier molecular flexibility index (Phi) is 5.56. The second-order valence-electron chi connectivity index (χ2n) is 5.63. The molecule has 0 saturated carbocycles. The highest BCUT2D eigenvalue weighted by Gasteiger charge is 2.15. The van der Waals surface area contributed by atoms with E-state index in [0.29, 0.717) is 12.1 Å². The molecule has 1 aliphatic heterocycles. The van der Waals surface area contributed by atoms with Crippen LogP contribution in [0.15, 0.2) is 24.3 Å². The van der Waals surface area contributed by atoms with Crippen molar-refractivity contribution in [1.82, 2.24) is 10.2 Å². The molecule has 4 heteroatoms. The topological polar surface area (TPSA) is 41.6 Å². The molecule has 1 aromatic rings. The summed E-state index contributed by atoms with van der Waals surface area (Å²) in [5.41, 5.74) is 1.92. The van der Waals surface area contributed by atoms with Gasteiger partial charge in [-0.15, -0.1) is 0 Å². The van der Waals surface area contributed by atoms with Crippen molar-refractivity contribution in [3.63, 3.8) is 0 Å². The molecule has 1 aromatic carbocycles. The lowest BCUT2D eigenvalue weighted by molar-refractivity contribution is 0.0169. The molecule has 1 heterocycles. The summed E-state index contributed by atoms with van der Waals surface area (Å²) in [5.74, 6) is -0.0180. The molecular weight excluding hydrogens is 252 g/mol. The van der Waals surface area contributed by atoms with Crippen LogP contribution >= 0.6 is 0 Å². The minimum Gasteiger partial charge on any atom is -0.376 e. The van der Waals surface area contributed by atoms with Gasteiger partial charge in [0.1, 0.15) is 0 Å². The molecule has 1 fully saturated rings. The first kappa shape index (κ1) is 15.0. The number of rotatable bonds is 5. The maximum absolute atomic E-state index is 12.0. The lowest BCUT2D eigenvalue weighted by Gasteiger charge is -2.22. The number of hydrogen-bond acceptors (Lipinski definition) is 3. The van der Waals surface area contributed by atoms with E-state index in [1.54, 1.807) is 0 Å². The van der Waals surface area contributed by atoms with Gasteiger partial charge in [0.05, 0.1) is 6.10 Å². The number of hydrogen-bond donors (Lipinski definition) is 1. The lowest BCUT2D eigenvalue weighted by Crippen LogP contribution is -2.35. The normalized spacial score (nSPS) is 19.1. The van der Waals surface area contributed by atoms with Gasteiger partial charge < -0.3 is 15.0 Å². The summed E-state index contributed by atoms with van der Waals surface area (Å²) in [6.45, 7) is 2.32.